The van der Waals surface area contributed by atoms with Gasteiger partial charge < -0.3 is 14.9 Å². The van der Waals surface area contributed by atoms with Crippen molar-refractivity contribution >= 4 is 17.8 Å². The SMILES string of the molecule is CCC1(C(=O)O)CCCN1C(=O)C1CCN(C(C)=O)CC1. The van der Waals surface area contributed by atoms with Crippen molar-refractivity contribution in [1.82, 2.24) is 9.80 Å². The van der Waals surface area contributed by atoms with Gasteiger partial charge in [-0.15, -0.1) is 0 Å². The molecule has 1 unspecified atom stereocenters. The summed E-state index contributed by atoms with van der Waals surface area (Å²) in [6.45, 7) is 5.08. The molecular weight excluding hydrogens is 272 g/mol. The minimum Gasteiger partial charge on any atom is -0.479 e. The molecular formula is C15H24N2O4. The standard InChI is InChI=1S/C15H24N2O4/c1-3-15(14(20)21)7-4-8-17(15)13(19)12-5-9-16(10-6-12)11(2)18/h12H,3-10H2,1-2H3,(H,20,21). The van der Waals surface area contributed by atoms with Gasteiger partial charge in [-0.1, -0.05) is 6.92 Å². The van der Waals surface area contributed by atoms with E-state index in [1.807, 2.05) is 6.92 Å². The van der Waals surface area contributed by atoms with Crippen LogP contribution in [0.4, 0.5) is 0 Å². The summed E-state index contributed by atoms with van der Waals surface area (Å²) in [6.07, 6.45) is 3.00. The molecule has 118 valence electrons. The summed E-state index contributed by atoms with van der Waals surface area (Å²) in [5.74, 6) is -1.04. The zero-order valence-electron chi connectivity index (χ0n) is 12.8. The van der Waals surface area contributed by atoms with Gasteiger partial charge in [0.25, 0.3) is 0 Å². The van der Waals surface area contributed by atoms with Crippen molar-refractivity contribution in [2.75, 3.05) is 19.6 Å². The van der Waals surface area contributed by atoms with E-state index in [1.165, 1.54) is 6.92 Å². The molecule has 0 radical (unpaired) electrons. The normalized spacial score (nSPS) is 27.0. The highest BCUT2D eigenvalue weighted by molar-refractivity contribution is 5.89. The fourth-order valence-corrected chi connectivity index (χ4v) is 3.60. The Kier molecular flexibility index (Phi) is 4.54. The van der Waals surface area contributed by atoms with Gasteiger partial charge in [-0.3, -0.25) is 9.59 Å². The van der Waals surface area contributed by atoms with E-state index >= 15 is 0 Å². The Labute approximate surface area is 125 Å². The van der Waals surface area contributed by atoms with Gasteiger partial charge in [0, 0.05) is 32.5 Å². The largest absolute Gasteiger partial charge is 0.479 e. The van der Waals surface area contributed by atoms with E-state index < -0.39 is 11.5 Å². The number of carboxylic acids is 1. The second-order valence-electron chi connectivity index (χ2n) is 6.06. The first-order valence-corrected chi connectivity index (χ1v) is 7.72. The van der Waals surface area contributed by atoms with Crippen LogP contribution in [0.15, 0.2) is 0 Å². The smallest absolute Gasteiger partial charge is 0.329 e. The highest BCUT2D eigenvalue weighted by atomic mass is 16.4. The summed E-state index contributed by atoms with van der Waals surface area (Å²) < 4.78 is 0. The minimum absolute atomic E-state index is 0.0375. The van der Waals surface area contributed by atoms with Gasteiger partial charge >= 0.3 is 5.97 Å². The van der Waals surface area contributed by atoms with E-state index in [0.717, 1.165) is 6.42 Å². The Morgan fingerprint density at radius 3 is 2.29 bits per heavy atom. The molecule has 1 atom stereocenters. The molecule has 2 heterocycles. The van der Waals surface area contributed by atoms with Crippen LogP contribution in [0.25, 0.3) is 0 Å². The van der Waals surface area contributed by atoms with Crippen LogP contribution in [0.1, 0.15) is 46.0 Å². The molecule has 0 aromatic rings. The molecule has 2 amide bonds. The van der Waals surface area contributed by atoms with Crippen LogP contribution in [0.2, 0.25) is 0 Å². The topological polar surface area (TPSA) is 77.9 Å². The van der Waals surface area contributed by atoms with Gasteiger partial charge in [-0.05, 0) is 32.1 Å². The van der Waals surface area contributed by atoms with Gasteiger partial charge in [0.05, 0.1) is 0 Å². The van der Waals surface area contributed by atoms with Gasteiger partial charge in [-0.2, -0.15) is 0 Å². The number of aliphatic carboxylic acids is 1. The number of carboxylic acid groups (broad SMARTS) is 1. The number of carbonyl (C=O) groups excluding carboxylic acids is 2. The summed E-state index contributed by atoms with van der Waals surface area (Å²) in [7, 11) is 0. The molecule has 0 aromatic heterocycles. The zero-order valence-corrected chi connectivity index (χ0v) is 12.8. The molecule has 2 fully saturated rings. The van der Waals surface area contributed by atoms with E-state index in [0.29, 0.717) is 45.3 Å². The fourth-order valence-electron chi connectivity index (χ4n) is 3.60. The van der Waals surface area contributed by atoms with Crippen LogP contribution in [-0.4, -0.2) is 57.9 Å². The summed E-state index contributed by atoms with van der Waals surface area (Å²) in [5, 5.41) is 9.55. The first kappa shape index (κ1) is 15.8. The molecule has 6 heteroatoms. The Balaban J connectivity index is 2.06. The quantitative estimate of drug-likeness (QED) is 0.846. The number of rotatable bonds is 3. The fraction of sp³-hybridized carbons (Fsp3) is 0.800. The summed E-state index contributed by atoms with van der Waals surface area (Å²) in [4.78, 5) is 39.0. The monoisotopic (exact) mass is 296 g/mol. The van der Waals surface area contributed by atoms with E-state index in [-0.39, 0.29) is 17.7 Å². The van der Waals surface area contributed by atoms with Crippen LogP contribution < -0.4 is 0 Å². The number of nitrogens with zero attached hydrogens (tertiary/aromatic N) is 2. The number of piperidine rings is 1. The van der Waals surface area contributed by atoms with E-state index in [1.54, 1.807) is 9.80 Å². The van der Waals surface area contributed by atoms with Crippen molar-refractivity contribution in [2.45, 2.75) is 51.5 Å². The van der Waals surface area contributed by atoms with Gasteiger partial charge in [-0.25, -0.2) is 4.79 Å². The Bertz CT molecular complexity index is 443. The molecule has 6 nitrogen and oxygen atoms in total. The van der Waals surface area contributed by atoms with Crippen molar-refractivity contribution in [3.8, 4) is 0 Å². The summed E-state index contributed by atoms with van der Waals surface area (Å²) >= 11 is 0. The lowest BCUT2D eigenvalue weighted by Crippen LogP contribution is -2.55. The van der Waals surface area contributed by atoms with E-state index in [2.05, 4.69) is 0 Å². The first-order chi connectivity index (χ1) is 9.92. The Morgan fingerprint density at radius 1 is 1.19 bits per heavy atom. The van der Waals surface area contributed by atoms with E-state index in [4.69, 9.17) is 0 Å². The number of amides is 2. The molecule has 21 heavy (non-hydrogen) atoms. The molecule has 0 bridgehead atoms. The van der Waals surface area contributed by atoms with Crippen LogP contribution in [0.3, 0.4) is 0 Å². The number of hydrogen-bond donors (Lipinski definition) is 1. The van der Waals surface area contributed by atoms with Crippen molar-refractivity contribution in [3.05, 3.63) is 0 Å². The second-order valence-corrected chi connectivity index (χ2v) is 6.06. The third-order valence-electron chi connectivity index (χ3n) is 5.03. The highest BCUT2D eigenvalue weighted by Crippen LogP contribution is 2.35. The Morgan fingerprint density at radius 2 is 1.81 bits per heavy atom. The second kappa shape index (κ2) is 6.03. The average molecular weight is 296 g/mol. The van der Waals surface area contributed by atoms with Crippen LogP contribution in [-0.2, 0) is 14.4 Å². The maximum absolute atomic E-state index is 12.7. The van der Waals surface area contributed by atoms with Crippen molar-refractivity contribution in [2.24, 2.45) is 5.92 Å². The van der Waals surface area contributed by atoms with Gasteiger partial charge in [0.15, 0.2) is 0 Å². The van der Waals surface area contributed by atoms with Crippen molar-refractivity contribution < 1.29 is 19.5 Å². The van der Waals surface area contributed by atoms with Gasteiger partial charge in [0.2, 0.25) is 11.8 Å². The lowest BCUT2D eigenvalue weighted by molar-refractivity contribution is -0.159. The molecule has 0 spiro atoms. The van der Waals surface area contributed by atoms with Crippen LogP contribution in [0.5, 0.6) is 0 Å². The lowest BCUT2D eigenvalue weighted by atomic mass is 9.89. The first-order valence-electron chi connectivity index (χ1n) is 7.72. The molecule has 2 aliphatic rings. The minimum atomic E-state index is -1.02. The highest BCUT2D eigenvalue weighted by Gasteiger charge is 2.49. The number of likely N-dealkylation sites (tertiary alicyclic amines) is 2. The predicted octanol–water partition coefficient (Wildman–Crippen LogP) is 1.10. The predicted molar refractivity (Wildman–Crippen MR) is 76.6 cm³/mol. The maximum Gasteiger partial charge on any atom is 0.329 e. The van der Waals surface area contributed by atoms with Crippen LogP contribution in [0, 0.1) is 5.92 Å². The molecule has 0 saturated carbocycles. The molecule has 2 rings (SSSR count). The molecule has 2 aliphatic heterocycles. The third-order valence-corrected chi connectivity index (χ3v) is 5.03. The summed E-state index contributed by atoms with van der Waals surface area (Å²) in [6, 6.07) is 0. The zero-order chi connectivity index (χ0) is 15.6. The molecule has 0 aliphatic carbocycles. The average Bonchev–Trinajstić information content (AvgIpc) is 2.91. The van der Waals surface area contributed by atoms with Crippen molar-refractivity contribution in [1.29, 1.82) is 0 Å². The van der Waals surface area contributed by atoms with Crippen LogP contribution >= 0.6 is 0 Å². The number of hydrogen-bond acceptors (Lipinski definition) is 3. The maximum atomic E-state index is 12.7. The molecule has 1 N–H and O–H groups in total. The van der Waals surface area contributed by atoms with Gasteiger partial charge in [0.1, 0.15) is 5.54 Å². The molecule has 2 saturated heterocycles. The third kappa shape index (κ3) is 2.76. The Hall–Kier alpha value is -1.59. The summed E-state index contributed by atoms with van der Waals surface area (Å²) in [5.41, 5.74) is -1.02. The van der Waals surface area contributed by atoms with Crippen molar-refractivity contribution in [3.63, 3.8) is 0 Å². The molecule has 0 aromatic carbocycles. The number of carbonyl (C=O) groups is 3. The lowest BCUT2D eigenvalue weighted by Gasteiger charge is -2.38. The van der Waals surface area contributed by atoms with E-state index in [9.17, 15) is 19.5 Å².